The molecule has 0 unspecified atom stereocenters. The van der Waals surface area contributed by atoms with Gasteiger partial charge in [-0.15, -0.1) is 0 Å². The zero-order valence-electron chi connectivity index (χ0n) is 11.2. The summed E-state index contributed by atoms with van der Waals surface area (Å²) in [6.45, 7) is 4.59. The van der Waals surface area contributed by atoms with Gasteiger partial charge in [0.1, 0.15) is 0 Å². The minimum Gasteiger partial charge on any atom is -0.329 e. The summed E-state index contributed by atoms with van der Waals surface area (Å²) in [6.07, 6.45) is 0.671. The van der Waals surface area contributed by atoms with E-state index in [1.165, 1.54) is 11.2 Å². The maximum atomic E-state index is 12.5. The van der Waals surface area contributed by atoms with Gasteiger partial charge >= 0.3 is 0 Å². The van der Waals surface area contributed by atoms with E-state index in [0.717, 1.165) is 5.56 Å². The summed E-state index contributed by atoms with van der Waals surface area (Å²) in [4.78, 5) is 13.2. The average Bonchev–Trinajstić information content (AvgIpc) is 2.39. The molecule has 19 heavy (non-hydrogen) atoms. The van der Waals surface area contributed by atoms with Crippen LogP contribution >= 0.6 is 0 Å². The quantitative estimate of drug-likeness (QED) is 0.819. The van der Waals surface area contributed by atoms with Crippen LogP contribution in [-0.4, -0.2) is 43.3 Å². The minimum absolute atomic E-state index is 0.0937. The molecule has 2 rings (SSSR count). The van der Waals surface area contributed by atoms with Crippen molar-refractivity contribution in [3.05, 3.63) is 29.8 Å². The van der Waals surface area contributed by atoms with Crippen molar-refractivity contribution in [2.75, 3.05) is 19.8 Å². The number of hydrogen-bond acceptors (Lipinski definition) is 3. The van der Waals surface area contributed by atoms with Crippen molar-refractivity contribution in [1.82, 2.24) is 9.21 Å². The smallest absolute Gasteiger partial charge is 0.244 e. The highest BCUT2D eigenvalue weighted by Crippen LogP contribution is 2.19. The van der Waals surface area contributed by atoms with Gasteiger partial charge in [-0.25, -0.2) is 8.42 Å². The van der Waals surface area contributed by atoms with Gasteiger partial charge in [-0.05, 0) is 25.5 Å². The molecule has 1 aliphatic heterocycles. The third-order valence-corrected chi connectivity index (χ3v) is 5.11. The largest absolute Gasteiger partial charge is 0.329 e. The van der Waals surface area contributed by atoms with Crippen molar-refractivity contribution < 1.29 is 13.2 Å². The first-order chi connectivity index (χ1) is 8.91. The summed E-state index contributed by atoms with van der Waals surface area (Å²) in [5, 5.41) is 0. The standard InChI is InChI=1S/C13H18N2O3S/c1-11-4-6-13(7-5-11)19(17,18)15-9-3-8-14(10-15)12(2)16/h4-7H,3,8-10H2,1-2H3. The first kappa shape index (κ1) is 14.0. The molecule has 0 aromatic heterocycles. The van der Waals surface area contributed by atoms with E-state index in [0.29, 0.717) is 19.5 Å². The van der Waals surface area contributed by atoms with E-state index in [-0.39, 0.29) is 17.5 Å². The highest BCUT2D eigenvalue weighted by atomic mass is 32.2. The zero-order valence-corrected chi connectivity index (χ0v) is 12.0. The van der Waals surface area contributed by atoms with Crippen LogP contribution in [0.25, 0.3) is 0 Å². The minimum atomic E-state index is -3.51. The van der Waals surface area contributed by atoms with E-state index >= 15 is 0 Å². The number of hydrogen-bond donors (Lipinski definition) is 0. The van der Waals surface area contributed by atoms with Crippen molar-refractivity contribution in [2.24, 2.45) is 0 Å². The van der Waals surface area contributed by atoms with Gasteiger partial charge in [0.2, 0.25) is 15.9 Å². The van der Waals surface area contributed by atoms with Crippen LogP contribution in [0, 0.1) is 6.92 Å². The number of amides is 1. The maximum absolute atomic E-state index is 12.5. The lowest BCUT2D eigenvalue weighted by Gasteiger charge is -2.34. The van der Waals surface area contributed by atoms with Crippen LogP contribution in [-0.2, 0) is 14.8 Å². The van der Waals surface area contributed by atoms with Gasteiger partial charge in [0, 0.05) is 20.0 Å². The van der Waals surface area contributed by atoms with Crippen LogP contribution in [0.2, 0.25) is 0 Å². The first-order valence-electron chi connectivity index (χ1n) is 6.23. The lowest BCUT2D eigenvalue weighted by atomic mass is 10.2. The molecule has 0 N–H and O–H groups in total. The number of aryl methyl sites for hydroxylation is 1. The lowest BCUT2D eigenvalue weighted by Crippen LogP contribution is -2.48. The van der Waals surface area contributed by atoms with Gasteiger partial charge in [-0.3, -0.25) is 4.79 Å². The van der Waals surface area contributed by atoms with E-state index < -0.39 is 10.0 Å². The Morgan fingerprint density at radius 2 is 1.79 bits per heavy atom. The zero-order chi connectivity index (χ0) is 14.0. The van der Waals surface area contributed by atoms with E-state index in [2.05, 4.69) is 0 Å². The number of carbonyl (C=O) groups excluding carboxylic acids is 1. The Hall–Kier alpha value is -1.40. The molecule has 0 spiro atoms. The summed E-state index contributed by atoms with van der Waals surface area (Å²) >= 11 is 0. The van der Waals surface area contributed by atoms with E-state index in [1.54, 1.807) is 29.2 Å². The molecule has 6 heteroatoms. The Bertz CT molecular complexity index is 566. The molecule has 1 aromatic carbocycles. The molecule has 0 aliphatic carbocycles. The number of sulfonamides is 1. The van der Waals surface area contributed by atoms with Gasteiger partial charge < -0.3 is 4.90 Å². The molecule has 0 bridgehead atoms. The Morgan fingerprint density at radius 3 is 2.37 bits per heavy atom. The second-order valence-electron chi connectivity index (χ2n) is 4.77. The van der Waals surface area contributed by atoms with Gasteiger partial charge in [0.05, 0.1) is 11.6 Å². The second kappa shape index (κ2) is 5.30. The predicted octanol–water partition coefficient (Wildman–Crippen LogP) is 1.20. The van der Waals surface area contributed by atoms with Crippen LogP contribution in [0.3, 0.4) is 0 Å². The summed E-state index contributed by atoms with van der Waals surface area (Å²) in [7, 11) is -3.51. The second-order valence-corrected chi connectivity index (χ2v) is 6.71. The average molecular weight is 282 g/mol. The van der Waals surface area contributed by atoms with Crippen LogP contribution in [0.5, 0.6) is 0 Å². The van der Waals surface area contributed by atoms with E-state index in [1.807, 2.05) is 6.92 Å². The molecule has 5 nitrogen and oxygen atoms in total. The molecule has 104 valence electrons. The van der Waals surface area contributed by atoms with E-state index in [9.17, 15) is 13.2 Å². The summed E-state index contributed by atoms with van der Waals surface area (Å²) in [5.74, 6) is -0.0937. The fraction of sp³-hybridized carbons (Fsp3) is 0.462. The topological polar surface area (TPSA) is 57.7 Å². The first-order valence-corrected chi connectivity index (χ1v) is 7.67. The fourth-order valence-electron chi connectivity index (χ4n) is 2.08. The van der Waals surface area contributed by atoms with Crippen molar-refractivity contribution in [2.45, 2.75) is 25.2 Å². The van der Waals surface area contributed by atoms with E-state index in [4.69, 9.17) is 0 Å². The maximum Gasteiger partial charge on any atom is 0.244 e. The van der Waals surface area contributed by atoms with Crippen molar-refractivity contribution in [3.8, 4) is 0 Å². The predicted molar refractivity (Wildman–Crippen MR) is 71.9 cm³/mol. The highest BCUT2D eigenvalue weighted by molar-refractivity contribution is 7.89. The highest BCUT2D eigenvalue weighted by Gasteiger charge is 2.29. The summed E-state index contributed by atoms with van der Waals surface area (Å²) in [5.41, 5.74) is 1.02. The van der Waals surface area contributed by atoms with Crippen LogP contribution in [0.15, 0.2) is 29.2 Å². The normalized spacial score (nSPS) is 17.5. The molecule has 0 atom stereocenters. The van der Waals surface area contributed by atoms with Crippen molar-refractivity contribution in [1.29, 1.82) is 0 Å². The molecular formula is C13H18N2O3S. The Labute approximate surface area is 113 Å². The van der Waals surface area contributed by atoms with Gasteiger partial charge in [-0.2, -0.15) is 4.31 Å². The SMILES string of the molecule is CC(=O)N1CCCN(S(=O)(=O)c2ccc(C)cc2)C1. The molecule has 0 radical (unpaired) electrons. The molecule has 1 saturated heterocycles. The Balaban J connectivity index is 2.24. The number of benzene rings is 1. The van der Waals surface area contributed by atoms with Gasteiger partial charge in [-0.1, -0.05) is 17.7 Å². The fourth-order valence-corrected chi connectivity index (χ4v) is 3.52. The third kappa shape index (κ3) is 2.96. The third-order valence-electron chi connectivity index (χ3n) is 3.27. The molecular weight excluding hydrogens is 264 g/mol. The van der Waals surface area contributed by atoms with Gasteiger partial charge in [0.25, 0.3) is 0 Å². The number of carbonyl (C=O) groups is 1. The van der Waals surface area contributed by atoms with Gasteiger partial charge in [0.15, 0.2) is 0 Å². The summed E-state index contributed by atoms with van der Waals surface area (Å²) in [6, 6.07) is 6.77. The molecule has 1 heterocycles. The Kier molecular flexibility index (Phi) is 3.91. The van der Waals surface area contributed by atoms with Crippen LogP contribution in [0.1, 0.15) is 18.9 Å². The number of nitrogens with zero attached hydrogens (tertiary/aromatic N) is 2. The molecule has 1 aliphatic rings. The molecule has 0 saturated carbocycles. The lowest BCUT2D eigenvalue weighted by molar-refractivity contribution is -0.131. The molecule has 1 amide bonds. The molecule has 1 aromatic rings. The summed E-state index contributed by atoms with van der Waals surface area (Å²) < 4.78 is 26.3. The van der Waals surface area contributed by atoms with Crippen LogP contribution in [0.4, 0.5) is 0 Å². The Morgan fingerprint density at radius 1 is 1.16 bits per heavy atom. The molecule has 1 fully saturated rings. The van der Waals surface area contributed by atoms with Crippen molar-refractivity contribution >= 4 is 15.9 Å². The number of rotatable bonds is 2. The monoisotopic (exact) mass is 282 g/mol. The van der Waals surface area contributed by atoms with Crippen LogP contribution < -0.4 is 0 Å². The van der Waals surface area contributed by atoms with Crippen molar-refractivity contribution in [3.63, 3.8) is 0 Å².